The minimum atomic E-state index is -0.431. The second-order valence-electron chi connectivity index (χ2n) is 8.72. The maximum absolute atomic E-state index is 4.66. The van der Waals surface area contributed by atoms with Gasteiger partial charge in [0.25, 0.3) is 0 Å². The van der Waals surface area contributed by atoms with Crippen LogP contribution in [0, 0.1) is 0 Å². The quantitative estimate of drug-likeness (QED) is 0.345. The molecule has 0 heterocycles. The molecule has 1 nitrogen and oxygen atoms in total. The molecule has 0 bridgehead atoms. The van der Waals surface area contributed by atoms with Crippen molar-refractivity contribution >= 4 is 11.4 Å². The monoisotopic (exact) mass is 423 g/mol. The fraction of sp³-hybridized carbons (Fsp3) is 0.0625. The largest absolute Gasteiger partial charge is 0.356 e. The summed E-state index contributed by atoms with van der Waals surface area (Å²) in [6.07, 6.45) is 9.58. The van der Waals surface area contributed by atoms with E-state index in [1.807, 2.05) is 6.07 Å². The molecule has 0 fully saturated rings. The maximum atomic E-state index is 4.66. The zero-order chi connectivity index (χ0) is 22.3. The highest BCUT2D eigenvalue weighted by atomic mass is 14.9. The summed E-state index contributed by atoms with van der Waals surface area (Å²) >= 11 is 0. The van der Waals surface area contributed by atoms with Crippen LogP contribution < -0.4 is 5.32 Å². The molecule has 4 aromatic rings. The Kier molecular flexibility index (Phi) is 4.62. The molecule has 33 heavy (non-hydrogen) atoms. The molecule has 0 amide bonds. The van der Waals surface area contributed by atoms with Crippen LogP contribution in [0.15, 0.2) is 134 Å². The van der Waals surface area contributed by atoms with Gasteiger partial charge in [0.15, 0.2) is 0 Å². The van der Waals surface area contributed by atoms with Gasteiger partial charge in [-0.2, -0.15) is 0 Å². The molecule has 1 atom stereocenters. The van der Waals surface area contributed by atoms with E-state index in [9.17, 15) is 0 Å². The molecule has 1 unspecified atom stereocenters. The summed E-state index contributed by atoms with van der Waals surface area (Å²) in [4.78, 5) is 0. The Balaban J connectivity index is 1.66. The number of nitrogens with one attached hydrogen (secondary N) is 1. The molecule has 1 N–H and O–H groups in total. The lowest BCUT2D eigenvalue weighted by atomic mass is 9.66. The standard InChI is InChI=1S/C32H25N/c1-23-12-4-2-5-13-24-14-8-10-18-29(24)32(23)30-19-11-9-17-27(30)28-21-20-26(22-31(28)32)33-25-15-6-3-7-16-25/h2-12,14-22,33H,1,13H2/b5-2-,12-4-. The Morgan fingerprint density at radius 2 is 1.36 bits per heavy atom. The van der Waals surface area contributed by atoms with Crippen LogP contribution in [-0.4, -0.2) is 0 Å². The molecule has 158 valence electrons. The Hall–Kier alpha value is -4.10. The summed E-state index contributed by atoms with van der Waals surface area (Å²) in [5.41, 5.74) is 10.6. The lowest BCUT2D eigenvalue weighted by molar-refractivity contribution is 0.760. The smallest absolute Gasteiger partial charge is 0.0711 e. The van der Waals surface area contributed by atoms with Gasteiger partial charge >= 0.3 is 0 Å². The van der Waals surface area contributed by atoms with Crippen molar-refractivity contribution in [2.45, 2.75) is 11.8 Å². The van der Waals surface area contributed by atoms with Crippen molar-refractivity contribution in [3.63, 3.8) is 0 Å². The Bertz CT molecular complexity index is 1420. The van der Waals surface area contributed by atoms with Crippen LogP contribution in [0.1, 0.15) is 22.3 Å². The van der Waals surface area contributed by atoms with Gasteiger partial charge in [-0.1, -0.05) is 104 Å². The number of fused-ring (bicyclic) bond motifs is 7. The molecule has 0 radical (unpaired) electrons. The molecule has 1 heteroatoms. The van der Waals surface area contributed by atoms with E-state index in [4.69, 9.17) is 0 Å². The zero-order valence-electron chi connectivity index (χ0n) is 18.5. The third-order valence-corrected chi connectivity index (χ3v) is 6.89. The molecule has 0 aromatic heterocycles. The first-order chi connectivity index (χ1) is 16.3. The molecule has 6 rings (SSSR count). The fourth-order valence-corrected chi connectivity index (χ4v) is 5.49. The van der Waals surface area contributed by atoms with Gasteiger partial charge in [-0.05, 0) is 69.6 Å². The van der Waals surface area contributed by atoms with Crippen LogP contribution in [0.4, 0.5) is 11.4 Å². The van der Waals surface area contributed by atoms with Crippen molar-refractivity contribution in [2.24, 2.45) is 0 Å². The number of benzene rings is 4. The second kappa shape index (κ2) is 7.79. The van der Waals surface area contributed by atoms with Crippen LogP contribution in [0.5, 0.6) is 0 Å². The summed E-state index contributed by atoms with van der Waals surface area (Å²) in [5.74, 6) is 0. The third-order valence-electron chi connectivity index (χ3n) is 6.89. The van der Waals surface area contributed by atoms with Gasteiger partial charge in [-0.3, -0.25) is 0 Å². The molecule has 1 spiro atoms. The Morgan fingerprint density at radius 1 is 0.636 bits per heavy atom. The lowest BCUT2D eigenvalue weighted by Gasteiger charge is -2.35. The molecule has 0 saturated carbocycles. The first-order valence-electron chi connectivity index (χ1n) is 11.5. The number of anilines is 2. The minimum Gasteiger partial charge on any atom is -0.356 e. The predicted octanol–water partition coefficient (Wildman–Crippen LogP) is 7.97. The predicted molar refractivity (Wildman–Crippen MR) is 139 cm³/mol. The van der Waals surface area contributed by atoms with Crippen molar-refractivity contribution in [1.82, 2.24) is 0 Å². The molecule has 2 aliphatic carbocycles. The van der Waals surface area contributed by atoms with E-state index in [1.165, 1.54) is 33.4 Å². The number of hydrogen-bond acceptors (Lipinski definition) is 1. The number of allylic oxidation sites excluding steroid dienone is 5. The summed E-state index contributed by atoms with van der Waals surface area (Å²) in [7, 11) is 0. The summed E-state index contributed by atoms with van der Waals surface area (Å²) in [5, 5.41) is 3.60. The van der Waals surface area contributed by atoms with Gasteiger partial charge in [0.05, 0.1) is 5.41 Å². The number of para-hydroxylation sites is 1. The molecular formula is C32H25N. The minimum absolute atomic E-state index is 0.431. The van der Waals surface area contributed by atoms with Crippen LogP contribution in [0.25, 0.3) is 11.1 Å². The van der Waals surface area contributed by atoms with Gasteiger partial charge in [-0.25, -0.2) is 0 Å². The number of hydrogen-bond donors (Lipinski definition) is 1. The first kappa shape index (κ1) is 19.6. The van der Waals surface area contributed by atoms with E-state index in [2.05, 4.69) is 127 Å². The van der Waals surface area contributed by atoms with E-state index in [0.717, 1.165) is 23.4 Å². The Labute approximate surface area is 195 Å². The van der Waals surface area contributed by atoms with Gasteiger partial charge in [0.1, 0.15) is 0 Å². The van der Waals surface area contributed by atoms with Crippen LogP contribution in [0.2, 0.25) is 0 Å². The van der Waals surface area contributed by atoms with Crippen molar-refractivity contribution in [2.75, 3.05) is 5.32 Å². The van der Waals surface area contributed by atoms with Crippen LogP contribution in [-0.2, 0) is 11.8 Å². The van der Waals surface area contributed by atoms with Crippen molar-refractivity contribution in [3.05, 3.63) is 156 Å². The average molecular weight is 424 g/mol. The highest BCUT2D eigenvalue weighted by Crippen LogP contribution is 2.57. The van der Waals surface area contributed by atoms with Gasteiger partial charge in [-0.15, -0.1) is 0 Å². The van der Waals surface area contributed by atoms with E-state index in [1.54, 1.807) is 0 Å². The van der Waals surface area contributed by atoms with E-state index >= 15 is 0 Å². The van der Waals surface area contributed by atoms with Crippen molar-refractivity contribution < 1.29 is 0 Å². The molecule has 0 saturated heterocycles. The van der Waals surface area contributed by atoms with E-state index < -0.39 is 5.41 Å². The summed E-state index contributed by atoms with van der Waals surface area (Å²) in [6.45, 7) is 4.66. The second-order valence-corrected chi connectivity index (χ2v) is 8.72. The van der Waals surface area contributed by atoms with E-state index in [0.29, 0.717) is 0 Å². The van der Waals surface area contributed by atoms with Gasteiger partial charge in [0.2, 0.25) is 0 Å². The van der Waals surface area contributed by atoms with Crippen LogP contribution >= 0.6 is 0 Å². The zero-order valence-corrected chi connectivity index (χ0v) is 18.5. The third kappa shape index (κ3) is 3.01. The fourth-order valence-electron chi connectivity index (χ4n) is 5.49. The normalized spacial score (nSPS) is 20.1. The highest BCUT2D eigenvalue weighted by Gasteiger charge is 2.47. The summed E-state index contributed by atoms with van der Waals surface area (Å²) < 4.78 is 0. The van der Waals surface area contributed by atoms with Gasteiger partial charge < -0.3 is 5.32 Å². The van der Waals surface area contributed by atoms with Gasteiger partial charge in [0, 0.05) is 11.4 Å². The Morgan fingerprint density at radius 3 is 2.24 bits per heavy atom. The SMILES string of the molecule is C=C1/C=C\C=C/Cc2ccccc2C12c1ccccc1-c1ccc(Nc3ccccc3)cc12. The first-order valence-corrected chi connectivity index (χ1v) is 11.5. The molecular weight excluding hydrogens is 398 g/mol. The highest BCUT2D eigenvalue weighted by molar-refractivity contribution is 5.88. The van der Waals surface area contributed by atoms with Crippen molar-refractivity contribution in [3.8, 4) is 11.1 Å². The van der Waals surface area contributed by atoms with Crippen LogP contribution in [0.3, 0.4) is 0 Å². The average Bonchev–Trinajstić information content (AvgIpc) is 3.18. The molecule has 0 aliphatic heterocycles. The molecule has 2 aliphatic rings. The van der Waals surface area contributed by atoms with Crippen molar-refractivity contribution in [1.29, 1.82) is 0 Å². The summed E-state index contributed by atoms with van der Waals surface area (Å²) in [6, 6.07) is 34.8. The maximum Gasteiger partial charge on any atom is 0.0711 e. The topological polar surface area (TPSA) is 12.0 Å². The molecule has 4 aromatic carbocycles. The van der Waals surface area contributed by atoms with E-state index in [-0.39, 0.29) is 0 Å². The number of rotatable bonds is 2. The lowest BCUT2D eigenvalue weighted by Crippen LogP contribution is -2.30.